The second-order valence-corrected chi connectivity index (χ2v) is 10.1. The number of carbonyl (C=O) groups is 1. The van der Waals surface area contributed by atoms with Gasteiger partial charge in [-0.05, 0) is 43.2 Å². The van der Waals surface area contributed by atoms with Crippen molar-refractivity contribution in [1.29, 1.82) is 0 Å². The van der Waals surface area contributed by atoms with Crippen LogP contribution in [0.25, 0.3) is 4.85 Å². The van der Waals surface area contributed by atoms with Crippen LogP contribution >= 0.6 is 0 Å². The number of benzene rings is 1. The van der Waals surface area contributed by atoms with Gasteiger partial charge in [-0.3, -0.25) is 9.78 Å². The summed E-state index contributed by atoms with van der Waals surface area (Å²) in [5, 5.41) is 29.8. The number of anilines is 1. The zero-order valence-corrected chi connectivity index (χ0v) is 21.6. The molecule has 37 heavy (non-hydrogen) atoms. The van der Waals surface area contributed by atoms with E-state index in [-0.39, 0.29) is 18.6 Å². The molecule has 2 aliphatic rings. The van der Waals surface area contributed by atoms with Gasteiger partial charge in [0.25, 0.3) is 5.91 Å². The van der Waals surface area contributed by atoms with Gasteiger partial charge in [0.05, 0.1) is 39.5 Å². The van der Waals surface area contributed by atoms with Crippen molar-refractivity contribution in [3.05, 3.63) is 53.0 Å². The first-order valence-corrected chi connectivity index (χ1v) is 12.3. The Kier molecular flexibility index (Phi) is 7.59. The number of hydrogen-bond donors (Lipinski definition) is 3. The lowest BCUT2D eigenvalue weighted by Crippen LogP contribution is -2.54. The van der Waals surface area contributed by atoms with Gasteiger partial charge >= 0.3 is 0 Å². The van der Waals surface area contributed by atoms with Crippen molar-refractivity contribution in [1.82, 2.24) is 9.88 Å². The molecular formula is C27H34N4O6. The lowest BCUT2D eigenvalue weighted by molar-refractivity contribution is -0.141. The van der Waals surface area contributed by atoms with Crippen LogP contribution in [0.15, 0.2) is 30.5 Å². The average molecular weight is 511 g/mol. The Morgan fingerprint density at radius 2 is 2.00 bits per heavy atom. The van der Waals surface area contributed by atoms with Crippen LogP contribution in [0.2, 0.25) is 0 Å². The number of nitrogens with zero attached hydrogens (tertiary/aromatic N) is 4. The average Bonchev–Trinajstić information content (AvgIpc) is 3.23. The van der Waals surface area contributed by atoms with Gasteiger partial charge in [-0.15, -0.1) is 0 Å². The lowest BCUT2D eigenvalue weighted by atomic mass is 9.72. The molecule has 0 radical (unpaired) electrons. The van der Waals surface area contributed by atoms with Crippen LogP contribution in [0.5, 0.6) is 11.5 Å². The van der Waals surface area contributed by atoms with E-state index in [1.807, 2.05) is 38.1 Å². The minimum atomic E-state index is -1.48. The first kappa shape index (κ1) is 26.7. The van der Waals surface area contributed by atoms with Crippen LogP contribution < -0.4 is 14.4 Å². The van der Waals surface area contributed by atoms with Gasteiger partial charge in [-0.1, -0.05) is 13.0 Å². The van der Waals surface area contributed by atoms with E-state index in [1.54, 1.807) is 20.2 Å². The van der Waals surface area contributed by atoms with Crippen LogP contribution in [0.3, 0.4) is 0 Å². The summed E-state index contributed by atoms with van der Waals surface area (Å²) in [7, 11) is 1.58. The van der Waals surface area contributed by atoms with Crippen LogP contribution in [0, 0.1) is 18.9 Å². The van der Waals surface area contributed by atoms with Crippen molar-refractivity contribution in [2.24, 2.45) is 5.41 Å². The summed E-state index contributed by atoms with van der Waals surface area (Å²) in [5.74, 6) is 1.19. The summed E-state index contributed by atoms with van der Waals surface area (Å²) in [6.07, 6.45) is -0.703. The number of likely N-dealkylation sites (tertiary alicyclic amines) is 1. The molecule has 2 fully saturated rings. The van der Waals surface area contributed by atoms with Gasteiger partial charge in [-0.2, -0.15) is 0 Å². The molecule has 4 rings (SSSR count). The number of methoxy groups -OCH3 is 1. The van der Waals surface area contributed by atoms with Crippen molar-refractivity contribution in [3.8, 4) is 11.5 Å². The molecular weight excluding hydrogens is 476 g/mol. The number of aromatic nitrogens is 1. The lowest BCUT2D eigenvalue weighted by Gasteiger charge is -2.40. The summed E-state index contributed by atoms with van der Waals surface area (Å²) in [4.78, 5) is 24.0. The van der Waals surface area contributed by atoms with Crippen molar-refractivity contribution >= 4 is 17.4 Å². The monoisotopic (exact) mass is 510 g/mol. The topological polar surface area (TPSA) is 120 Å². The van der Waals surface area contributed by atoms with Crippen LogP contribution in [0.4, 0.5) is 11.5 Å². The smallest absolute Gasteiger partial charge is 0.253 e. The molecule has 3 heterocycles. The summed E-state index contributed by atoms with van der Waals surface area (Å²) in [6, 6.07) is 7.54. The summed E-state index contributed by atoms with van der Waals surface area (Å²) in [5.41, 5.74) is 1.65. The molecule has 0 spiro atoms. The van der Waals surface area contributed by atoms with Crippen molar-refractivity contribution in [2.45, 2.75) is 45.0 Å². The summed E-state index contributed by atoms with van der Waals surface area (Å²) < 4.78 is 11.8. The molecule has 10 heteroatoms. The SMILES string of the molecule is [C-]#[N+]c1cnc(N2CC(Oc3cc([C@@H]4CN(C(=O)[C@@H](O)CO)C[C@@]4(C)[C@@H](C)O)ccc3OC)C2)cc1C. The van der Waals surface area contributed by atoms with Crippen molar-refractivity contribution in [2.75, 3.05) is 44.8 Å². The Balaban J connectivity index is 1.52. The Morgan fingerprint density at radius 3 is 2.59 bits per heavy atom. The highest BCUT2D eigenvalue weighted by molar-refractivity contribution is 5.81. The van der Waals surface area contributed by atoms with Gasteiger partial charge in [-0.25, -0.2) is 4.85 Å². The van der Waals surface area contributed by atoms with Crippen LogP contribution in [-0.2, 0) is 4.79 Å². The second kappa shape index (κ2) is 10.5. The fourth-order valence-corrected chi connectivity index (χ4v) is 5.09. The number of pyridine rings is 1. The first-order chi connectivity index (χ1) is 17.6. The van der Waals surface area contributed by atoms with Crippen LogP contribution in [0.1, 0.15) is 30.9 Å². The van der Waals surface area contributed by atoms with Gasteiger partial charge in [0.15, 0.2) is 17.6 Å². The number of aryl methyl sites for hydroxylation is 1. The van der Waals surface area contributed by atoms with E-state index in [1.165, 1.54) is 4.90 Å². The summed E-state index contributed by atoms with van der Waals surface area (Å²) >= 11 is 0. The van der Waals surface area contributed by atoms with E-state index in [0.29, 0.717) is 36.8 Å². The Morgan fingerprint density at radius 1 is 1.27 bits per heavy atom. The number of carbonyl (C=O) groups excluding carboxylic acids is 1. The maximum absolute atomic E-state index is 12.6. The van der Waals surface area contributed by atoms with Gasteiger partial charge < -0.3 is 34.6 Å². The Labute approximate surface area is 216 Å². The maximum atomic E-state index is 12.6. The number of ether oxygens (including phenoxy) is 2. The third-order valence-electron chi connectivity index (χ3n) is 7.70. The molecule has 2 aromatic rings. The standard InChI is InChI=1S/C27H34N4O6/c1-16-8-25(29-10-21(16)28-4)30-11-19(12-30)37-24-9-18(6-7-23(24)36-5)20-13-31(26(35)22(34)14-32)15-27(20,3)17(2)33/h6-10,17,19-20,22,32-34H,11-15H2,1-3,5H3/t17-,20+,22+,27+/m1/s1. The fraction of sp³-hybridized carbons (Fsp3) is 0.519. The zero-order chi connectivity index (χ0) is 26.9. The van der Waals surface area contributed by atoms with Crippen molar-refractivity contribution < 1.29 is 29.6 Å². The molecule has 198 valence electrons. The molecule has 0 unspecified atom stereocenters. The van der Waals surface area contributed by atoms with E-state index in [4.69, 9.17) is 16.0 Å². The Bertz CT molecular complexity index is 1190. The maximum Gasteiger partial charge on any atom is 0.253 e. The molecule has 0 bridgehead atoms. The number of aliphatic hydroxyl groups excluding tert-OH is 3. The number of aliphatic hydroxyl groups is 3. The largest absolute Gasteiger partial charge is 0.493 e. The molecule has 0 saturated carbocycles. The van der Waals surface area contributed by atoms with E-state index < -0.39 is 30.1 Å². The number of amides is 1. The van der Waals surface area contributed by atoms with Gasteiger partial charge in [0.1, 0.15) is 11.9 Å². The van der Waals surface area contributed by atoms with E-state index in [9.17, 15) is 20.1 Å². The minimum absolute atomic E-state index is 0.0868. The number of rotatable bonds is 8. The number of hydrogen-bond acceptors (Lipinski definition) is 8. The quantitative estimate of drug-likeness (QED) is 0.461. The molecule has 2 aliphatic heterocycles. The second-order valence-electron chi connectivity index (χ2n) is 10.1. The molecule has 10 nitrogen and oxygen atoms in total. The molecule has 0 aliphatic carbocycles. The van der Waals surface area contributed by atoms with Crippen molar-refractivity contribution in [3.63, 3.8) is 0 Å². The highest BCUT2D eigenvalue weighted by Gasteiger charge is 2.49. The first-order valence-electron chi connectivity index (χ1n) is 12.3. The molecule has 4 atom stereocenters. The molecule has 1 aromatic heterocycles. The predicted molar refractivity (Wildman–Crippen MR) is 137 cm³/mol. The third kappa shape index (κ3) is 5.07. The highest BCUT2D eigenvalue weighted by Crippen LogP contribution is 2.47. The molecule has 3 N–H and O–H groups in total. The van der Waals surface area contributed by atoms with Gasteiger partial charge in [0, 0.05) is 30.6 Å². The molecule has 1 aromatic carbocycles. The summed E-state index contributed by atoms with van der Waals surface area (Å²) in [6.45, 7) is 13.9. The van der Waals surface area contributed by atoms with Gasteiger partial charge in [0.2, 0.25) is 5.69 Å². The fourth-order valence-electron chi connectivity index (χ4n) is 5.09. The normalized spacial score (nSPS) is 23.2. The Hall–Kier alpha value is -3.39. The zero-order valence-electron chi connectivity index (χ0n) is 21.6. The van der Waals surface area contributed by atoms with E-state index >= 15 is 0 Å². The third-order valence-corrected chi connectivity index (χ3v) is 7.70. The van der Waals surface area contributed by atoms with E-state index in [2.05, 4.69) is 14.7 Å². The van der Waals surface area contributed by atoms with E-state index in [0.717, 1.165) is 16.9 Å². The molecule has 1 amide bonds. The molecule has 2 saturated heterocycles. The predicted octanol–water partition coefficient (Wildman–Crippen LogP) is 1.88. The minimum Gasteiger partial charge on any atom is -0.493 e. The highest BCUT2D eigenvalue weighted by atomic mass is 16.5. The van der Waals surface area contributed by atoms with Crippen LogP contribution in [-0.4, -0.2) is 89.3 Å².